The highest BCUT2D eigenvalue weighted by Crippen LogP contribution is 2.31. The number of ether oxygens (including phenoxy) is 1. The first-order valence-electron chi connectivity index (χ1n) is 7.90. The van der Waals surface area contributed by atoms with Crippen molar-refractivity contribution in [1.29, 1.82) is 0 Å². The average molecular weight is 389 g/mol. The quantitative estimate of drug-likeness (QED) is 0.801. The third kappa shape index (κ3) is 3.57. The molecule has 142 valence electrons. The van der Waals surface area contributed by atoms with Crippen LogP contribution in [0.3, 0.4) is 0 Å². The Labute approximate surface area is 148 Å². The van der Waals surface area contributed by atoms with Gasteiger partial charge in [-0.2, -0.15) is 0 Å². The maximum absolute atomic E-state index is 14.6. The summed E-state index contributed by atoms with van der Waals surface area (Å²) in [7, 11) is -3.23. The Morgan fingerprint density at radius 2 is 1.85 bits per heavy atom. The SMILES string of the molecule is NC(=O)C1CN(c2cc(F)c(N3CCCS(=O)(=O)CC3)c(F)c2)C(=O)O1. The van der Waals surface area contributed by atoms with Gasteiger partial charge in [0.2, 0.25) is 0 Å². The first-order chi connectivity index (χ1) is 12.2. The number of amides is 2. The minimum absolute atomic E-state index is 0.0228. The van der Waals surface area contributed by atoms with Crippen molar-refractivity contribution in [2.45, 2.75) is 12.5 Å². The van der Waals surface area contributed by atoms with Crippen molar-refractivity contribution >= 4 is 33.2 Å². The zero-order valence-electron chi connectivity index (χ0n) is 13.7. The monoisotopic (exact) mass is 389 g/mol. The summed E-state index contributed by atoms with van der Waals surface area (Å²) in [4.78, 5) is 25.2. The number of nitrogens with two attached hydrogens (primary N) is 1. The molecule has 11 heteroatoms. The molecule has 2 aliphatic heterocycles. The number of cyclic esters (lactones) is 1. The van der Waals surface area contributed by atoms with Gasteiger partial charge in [-0.15, -0.1) is 0 Å². The van der Waals surface area contributed by atoms with Gasteiger partial charge in [0.25, 0.3) is 5.91 Å². The van der Waals surface area contributed by atoms with Gasteiger partial charge in [-0.1, -0.05) is 0 Å². The maximum Gasteiger partial charge on any atom is 0.415 e. The molecule has 2 aliphatic rings. The van der Waals surface area contributed by atoms with E-state index in [9.17, 15) is 26.8 Å². The fourth-order valence-corrected chi connectivity index (χ4v) is 4.27. The van der Waals surface area contributed by atoms with E-state index in [1.165, 1.54) is 4.90 Å². The topological polar surface area (TPSA) is 110 Å². The van der Waals surface area contributed by atoms with Gasteiger partial charge in [0, 0.05) is 25.2 Å². The van der Waals surface area contributed by atoms with Gasteiger partial charge in [0.15, 0.2) is 27.6 Å². The lowest BCUT2D eigenvalue weighted by Crippen LogP contribution is -2.33. The summed E-state index contributed by atoms with van der Waals surface area (Å²) in [6.45, 7) is -0.0682. The summed E-state index contributed by atoms with van der Waals surface area (Å²) < 4.78 is 57.2. The Kier molecular flexibility index (Phi) is 4.74. The van der Waals surface area contributed by atoms with Gasteiger partial charge in [-0.3, -0.25) is 9.69 Å². The number of nitrogens with zero attached hydrogens (tertiary/aromatic N) is 2. The number of hydrogen-bond acceptors (Lipinski definition) is 6. The Bertz CT molecular complexity index is 838. The van der Waals surface area contributed by atoms with E-state index in [1.54, 1.807) is 0 Å². The minimum Gasteiger partial charge on any atom is -0.434 e. The molecule has 0 aliphatic carbocycles. The van der Waals surface area contributed by atoms with Crippen molar-refractivity contribution in [3.63, 3.8) is 0 Å². The van der Waals surface area contributed by atoms with Gasteiger partial charge in [-0.25, -0.2) is 22.0 Å². The van der Waals surface area contributed by atoms with Crippen LogP contribution in [-0.2, 0) is 19.4 Å². The molecule has 1 unspecified atom stereocenters. The first kappa shape index (κ1) is 18.4. The molecule has 0 radical (unpaired) electrons. The van der Waals surface area contributed by atoms with Crippen molar-refractivity contribution in [3.05, 3.63) is 23.8 Å². The number of rotatable bonds is 3. The third-order valence-electron chi connectivity index (χ3n) is 4.31. The van der Waals surface area contributed by atoms with Gasteiger partial charge in [0.1, 0.15) is 5.69 Å². The molecule has 2 fully saturated rings. The summed E-state index contributed by atoms with van der Waals surface area (Å²) in [6, 6.07) is 1.89. The van der Waals surface area contributed by atoms with E-state index in [0.717, 1.165) is 17.0 Å². The largest absolute Gasteiger partial charge is 0.434 e. The Hall–Kier alpha value is -2.43. The molecular formula is C15H17F2N3O5S. The van der Waals surface area contributed by atoms with E-state index >= 15 is 0 Å². The van der Waals surface area contributed by atoms with Crippen LogP contribution in [0, 0.1) is 11.6 Å². The van der Waals surface area contributed by atoms with Crippen LogP contribution >= 0.6 is 0 Å². The standard InChI is InChI=1S/C15H17F2N3O5S/c16-10-6-9(20-8-12(14(18)21)25-15(20)22)7-11(17)13(10)19-2-1-4-26(23,24)5-3-19/h6-7,12H,1-5,8H2,(H2,18,21). The summed E-state index contributed by atoms with van der Waals surface area (Å²) in [6.07, 6.45) is -1.85. The minimum atomic E-state index is -3.23. The van der Waals surface area contributed by atoms with Crippen molar-refractivity contribution < 1.29 is 31.5 Å². The van der Waals surface area contributed by atoms with Gasteiger partial charge in [0.05, 0.1) is 23.7 Å². The van der Waals surface area contributed by atoms with Crippen LogP contribution < -0.4 is 15.5 Å². The summed E-state index contributed by atoms with van der Waals surface area (Å²) >= 11 is 0. The third-order valence-corrected chi connectivity index (χ3v) is 6.03. The highest BCUT2D eigenvalue weighted by molar-refractivity contribution is 7.91. The molecule has 2 heterocycles. The van der Waals surface area contributed by atoms with Crippen molar-refractivity contribution in [1.82, 2.24) is 0 Å². The van der Waals surface area contributed by atoms with E-state index in [1.807, 2.05) is 0 Å². The van der Waals surface area contributed by atoms with Gasteiger partial charge < -0.3 is 15.4 Å². The second kappa shape index (κ2) is 6.71. The smallest absolute Gasteiger partial charge is 0.415 e. The zero-order valence-corrected chi connectivity index (χ0v) is 14.5. The highest BCUT2D eigenvalue weighted by Gasteiger charge is 2.36. The van der Waals surface area contributed by atoms with E-state index in [4.69, 9.17) is 10.5 Å². The normalized spacial score (nSPS) is 22.8. The predicted octanol–water partition coefficient (Wildman–Crippen LogP) is 0.400. The Balaban J connectivity index is 1.87. The summed E-state index contributed by atoms with van der Waals surface area (Å²) in [5.41, 5.74) is 4.62. The van der Waals surface area contributed by atoms with Crippen molar-refractivity contribution in [2.24, 2.45) is 5.73 Å². The molecule has 8 nitrogen and oxygen atoms in total. The molecule has 1 atom stereocenters. The number of primary amides is 1. The molecule has 2 amide bonds. The number of sulfone groups is 1. The molecule has 2 N–H and O–H groups in total. The van der Waals surface area contributed by atoms with E-state index < -0.39 is 39.6 Å². The lowest BCUT2D eigenvalue weighted by Gasteiger charge is -2.24. The zero-order chi connectivity index (χ0) is 19.1. The van der Waals surface area contributed by atoms with Crippen molar-refractivity contribution in [3.8, 4) is 0 Å². The molecule has 0 spiro atoms. The average Bonchev–Trinajstić information content (AvgIpc) is 2.84. The van der Waals surface area contributed by atoms with Gasteiger partial charge >= 0.3 is 6.09 Å². The van der Waals surface area contributed by atoms with E-state index in [-0.39, 0.29) is 48.9 Å². The summed E-state index contributed by atoms with van der Waals surface area (Å²) in [5, 5.41) is 0. The summed E-state index contributed by atoms with van der Waals surface area (Å²) in [5.74, 6) is -2.95. The van der Waals surface area contributed by atoms with Crippen molar-refractivity contribution in [2.75, 3.05) is 40.9 Å². The fourth-order valence-electron chi connectivity index (χ4n) is 2.99. The number of halogens is 2. The van der Waals surface area contributed by atoms with E-state index in [2.05, 4.69) is 0 Å². The van der Waals surface area contributed by atoms with Crippen LogP contribution in [-0.4, -0.2) is 57.7 Å². The number of carbonyl (C=O) groups is 2. The Morgan fingerprint density at radius 3 is 2.42 bits per heavy atom. The molecule has 1 aromatic carbocycles. The van der Waals surface area contributed by atoms with Crippen LogP contribution in [0.25, 0.3) is 0 Å². The molecule has 0 saturated carbocycles. The molecule has 0 bridgehead atoms. The van der Waals surface area contributed by atoms with Crippen LogP contribution in [0.15, 0.2) is 12.1 Å². The number of hydrogen-bond donors (Lipinski definition) is 1. The highest BCUT2D eigenvalue weighted by atomic mass is 32.2. The second-order valence-electron chi connectivity index (χ2n) is 6.14. The number of anilines is 2. The van der Waals surface area contributed by atoms with E-state index in [0.29, 0.717) is 0 Å². The van der Waals surface area contributed by atoms with Crippen LogP contribution in [0.5, 0.6) is 0 Å². The fraction of sp³-hybridized carbons (Fsp3) is 0.467. The molecular weight excluding hydrogens is 372 g/mol. The maximum atomic E-state index is 14.6. The molecule has 26 heavy (non-hydrogen) atoms. The van der Waals surface area contributed by atoms with Gasteiger partial charge in [-0.05, 0) is 6.42 Å². The lowest BCUT2D eigenvalue weighted by molar-refractivity contribution is -0.124. The molecule has 0 aromatic heterocycles. The predicted molar refractivity (Wildman–Crippen MR) is 88.7 cm³/mol. The lowest BCUT2D eigenvalue weighted by atomic mass is 10.2. The van der Waals surface area contributed by atoms with Crippen LogP contribution in [0.2, 0.25) is 0 Å². The molecule has 1 aromatic rings. The van der Waals surface area contributed by atoms with Crippen LogP contribution in [0.1, 0.15) is 6.42 Å². The number of benzene rings is 1. The number of carbonyl (C=O) groups excluding carboxylic acids is 2. The second-order valence-corrected chi connectivity index (χ2v) is 8.44. The molecule has 2 saturated heterocycles. The first-order valence-corrected chi connectivity index (χ1v) is 9.72. The van der Waals surface area contributed by atoms with Crippen LogP contribution in [0.4, 0.5) is 25.0 Å². The molecule has 3 rings (SSSR count). The Morgan fingerprint density at radius 1 is 1.19 bits per heavy atom.